The SMILES string of the molecule is CC(C)(C)c1ccc(N2c3ccccc3-c3ccc(Oc4[c-]c(-n5[c](=[Pt])n(-c6c(-c7ccccc7)cccc6-c6ccccc6)c6ccccc65)ccc4)[c-]c3N(c3cc(C(C)(C)C)ccn3)c3ccc(C(C)(C)C)cc3-c3ccccc32)cc1. The molecule has 0 radical (unpaired) electrons. The van der Waals surface area contributed by atoms with E-state index < -0.39 is 0 Å². The van der Waals surface area contributed by atoms with Gasteiger partial charge in [0.25, 0.3) is 0 Å². The van der Waals surface area contributed by atoms with Crippen molar-refractivity contribution in [2.24, 2.45) is 0 Å². The van der Waals surface area contributed by atoms with E-state index in [1.54, 1.807) is 0 Å². The van der Waals surface area contributed by atoms with Gasteiger partial charge in [-0.05, 0) is 69.3 Å². The van der Waals surface area contributed by atoms with Gasteiger partial charge in [0, 0.05) is 17.4 Å². The van der Waals surface area contributed by atoms with Crippen molar-refractivity contribution in [1.29, 1.82) is 0 Å². The molecule has 13 rings (SSSR count). The number of hydrogen-bond donors (Lipinski definition) is 0. The van der Waals surface area contributed by atoms with Gasteiger partial charge in [-0.1, -0.05) is 111 Å². The second-order valence-corrected chi connectivity index (χ2v) is 26.1. The van der Waals surface area contributed by atoms with E-state index in [0.29, 0.717) is 11.5 Å². The average Bonchev–Trinajstić information content (AvgIpc) is 2.15. The first-order valence-electron chi connectivity index (χ1n) is 29.2. The molecule has 0 fully saturated rings. The fraction of sp³-hybridized carbons (Fsp3) is 0.154. The van der Waals surface area contributed by atoms with Crippen LogP contribution in [-0.4, -0.2) is 14.1 Å². The van der Waals surface area contributed by atoms with Gasteiger partial charge in [-0.15, -0.1) is 0 Å². The molecular formula is C78H67N5OPt-2. The van der Waals surface area contributed by atoms with E-state index in [-0.39, 0.29) is 16.2 Å². The molecule has 0 aliphatic carbocycles. The number of rotatable bonds is 8. The van der Waals surface area contributed by atoms with Crippen molar-refractivity contribution in [1.82, 2.24) is 14.1 Å². The molecule has 0 bridgehead atoms. The van der Waals surface area contributed by atoms with Crippen LogP contribution < -0.4 is 14.5 Å². The fourth-order valence-electron chi connectivity index (χ4n) is 11.8. The first kappa shape index (κ1) is 55.1. The third kappa shape index (κ3) is 10.4. The van der Waals surface area contributed by atoms with E-state index >= 15 is 0 Å². The summed E-state index contributed by atoms with van der Waals surface area (Å²) in [5, 5.41) is 0. The second-order valence-electron chi connectivity index (χ2n) is 25.1. The second kappa shape index (κ2) is 21.8. The van der Waals surface area contributed by atoms with Crippen molar-refractivity contribution in [2.45, 2.75) is 78.6 Å². The van der Waals surface area contributed by atoms with Crippen molar-refractivity contribution in [3.63, 3.8) is 0 Å². The molecule has 0 unspecified atom stereocenters. The number of pyridine rings is 1. The van der Waals surface area contributed by atoms with E-state index in [1.165, 1.54) is 16.7 Å². The quantitative estimate of drug-likeness (QED) is 0.142. The summed E-state index contributed by atoms with van der Waals surface area (Å²) in [5.41, 5.74) is 21.0. The topological polar surface area (TPSA) is 38.5 Å². The van der Waals surface area contributed by atoms with Crippen LogP contribution in [0.5, 0.6) is 11.5 Å². The number of para-hydroxylation sites is 5. The summed E-state index contributed by atoms with van der Waals surface area (Å²) in [5.74, 6) is 1.86. The fourth-order valence-corrected chi connectivity index (χ4v) is 12.9. The maximum atomic E-state index is 7.13. The van der Waals surface area contributed by atoms with Crippen LogP contribution in [0.25, 0.3) is 66.9 Å². The molecule has 0 saturated carbocycles. The Labute approximate surface area is 511 Å². The molecule has 0 N–H and O–H groups in total. The number of aromatic nitrogens is 3. The molecule has 0 atom stereocenters. The number of anilines is 6. The monoisotopic (exact) mass is 1280 g/mol. The molecule has 10 aromatic carbocycles. The Bertz CT molecular complexity index is 4480. The van der Waals surface area contributed by atoms with Gasteiger partial charge in [0.1, 0.15) is 0 Å². The minimum atomic E-state index is -0.161. The van der Waals surface area contributed by atoms with Gasteiger partial charge in [-0.3, -0.25) is 0 Å². The van der Waals surface area contributed by atoms with Crippen LogP contribution in [0.15, 0.2) is 243 Å². The predicted octanol–water partition coefficient (Wildman–Crippen LogP) is 21.1. The van der Waals surface area contributed by atoms with Crippen LogP contribution in [0.3, 0.4) is 0 Å². The summed E-state index contributed by atoms with van der Waals surface area (Å²) in [7, 11) is 0. The van der Waals surface area contributed by atoms with Crippen LogP contribution in [0, 0.1) is 15.9 Å². The van der Waals surface area contributed by atoms with Gasteiger partial charge in [0.15, 0.2) is 0 Å². The van der Waals surface area contributed by atoms with Crippen molar-refractivity contribution >= 4 is 45.3 Å². The van der Waals surface area contributed by atoms with Gasteiger partial charge >= 0.3 is 306 Å². The molecule has 3 heterocycles. The maximum absolute atomic E-state index is 7.13. The zero-order valence-corrected chi connectivity index (χ0v) is 51.8. The molecule has 0 saturated heterocycles. The number of nitrogens with zero attached hydrogens (tertiary/aromatic N) is 5. The number of imidazole rings is 1. The predicted molar refractivity (Wildman–Crippen MR) is 349 cm³/mol. The van der Waals surface area contributed by atoms with Crippen molar-refractivity contribution in [3.05, 3.63) is 275 Å². The molecule has 1 aliphatic rings. The Morgan fingerprint density at radius 1 is 0.388 bits per heavy atom. The first-order valence-corrected chi connectivity index (χ1v) is 30.3. The normalized spacial score (nSPS) is 12.6. The Morgan fingerprint density at radius 2 is 0.894 bits per heavy atom. The summed E-state index contributed by atoms with van der Waals surface area (Å²) >= 11 is 2.50. The summed E-state index contributed by atoms with van der Waals surface area (Å²) in [4.78, 5) is 10.0. The standard InChI is InChI=1S/C78H67N5O.Pt/c1-76(2,3)55-38-41-58(42-39-55)82-68-34-18-16-30-64(68)66-44-43-61(51-73(66)83(74-49-57(46-47-79-74)78(7,8)9)70-45-40-56(77(4,5)6)48-67(70)65-31-17-19-35-69(65)82)84-60-29-22-28-59(50-60)80-52-81(72-37-21-20-36-71(72)80)75-62(53-24-12-10-13-25-53)32-23-33-63(75)54-26-14-11-15-27-54;/h10-49H,1-9H3;/q-2;. The molecular weight excluding hydrogens is 1220 g/mol. The Kier molecular flexibility index (Phi) is 14.2. The summed E-state index contributed by atoms with van der Waals surface area (Å²) in [6.45, 7) is 20.4. The number of benzene rings is 10. The Morgan fingerprint density at radius 3 is 1.52 bits per heavy atom. The Balaban J connectivity index is 1.02. The van der Waals surface area contributed by atoms with Gasteiger partial charge < -0.3 is 4.90 Å². The van der Waals surface area contributed by atoms with E-state index in [9.17, 15) is 0 Å². The number of hydrogen-bond acceptors (Lipinski definition) is 4. The first-order chi connectivity index (χ1) is 41.0. The molecule has 1 aliphatic heterocycles. The minimum Gasteiger partial charge on any atom is -0.0615 e. The van der Waals surface area contributed by atoms with Crippen LogP contribution in [0.1, 0.15) is 79.0 Å². The van der Waals surface area contributed by atoms with E-state index in [1.807, 2.05) is 18.3 Å². The van der Waals surface area contributed by atoms with E-state index in [4.69, 9.17) is 9.72 Å². The third-order valence-corrected chi connectivity index (χ3v) is 17.3. The number of ether oxygens (including phenoxy) is 1. The molecule has 7 heteroatoms. The van der Waals surface area contributed by atoms with Crippen molar-refractivity contribution in [2.75, 3.05) is 9.80 Å². The molecule has 2 aromatic heterocycles. The number of fused-ring (bicyclic) bond motifs is 7. The van der Waals surface area contributed by atoms with E-state index in [2.05, 4.69) is 337 Å². The minimum absolute atomic E-state index is 0.0155. The van der Waals surface area contributed by atoms with Crippen LogP contribution in [0.2, 0.25) is 0 Å². The zero-order chi connectivity index (χ0) is 58.8. The van der Waals surface area contributed by atoms with Crippen LogP contribution >= 0.6 is 0 Å². The smallest absolute Gasteiger partial charge is 0.0615 e. The summed E-state index contributed by atoms with van der Waals surface area (Å²) in [6, 6.07) is 92.8. The molecule has 0 amide bonds. The van der Waals surface area contributed by atoms with Gasteiger partial charge in [0.2, 0.25) is 0 Å². The van der Waals surface area contributed by atoms with Crippen molar-refractivity contribution in [3.8, 4) is 67.4 Å². The van der Waals surface area contributed by atoms with Crippen LogP contribution in [-0.2, 0) is 35.6 Å². The summed E-state index contributed by atoms with van der Waals surface area (Å²) in [6.07, 6.45) is 1.95. The molecule has 0 spiro atoms. The average molecular weight is 1290 g/mol. The molecule has 12 aromatic rings. The molecule has 422 valence electrons. The zero-order valence-electron chi connectivity index (χ0n) is 49.6. The third-order valence-electron chi connectivity index (χ3n) is 16.3. The Hall–Kier alpha value is -9.09. The van der Waals surface area contributed by atoms with E-state index in [0.717, 1.165) is 105 Å². The van der Waals surface area contributed by atoms with Gasteiger partial charge in [-0.2, -0.15) is 0 Å². The molecule has 6 nitrogen and oxygen atoms in total. The van der Waals surface area contributed by atoms with Gasteiger partial charge in [0.05, 0.1) is 5.69 Å². The summed E-state index contributed by atoms with van der Waals surface area (Å²) < 4.78 is 12.8. The van der Waals surface area contributed by atoms with Gasteiger partial charge in [-0.25, -0.2) is 0 Å². The molecule has 85 heavy (non-hydrogen) atoms. The van der Waals surface area contributed by atoms with Crippen molar-refractivity contribution < 1.29 is 24.1 Å². The van der Waals surface area contributed by atoms with Crippen LogP contribution in [0.4, 0.5) is 34.3 Å².